The molecule has 0 aliphatic rings. The lowest BCUT2D eigenvalue weighted by Crippen LogP contribution is -2.27. The number of aromatic nitrogens is 1. The first kappa shape index (κ1) is 15.4. The minimum Gasteiger partial charge on any atom is -0.361 e. The maximum atomic E-state index is 11.9. The summed E-state index contributed by atoms with van der Waals surface area (Å²) in [5.41, 5.74) is 2.16. The van der Waals surface area contributed by atoms with Crippen molar-refractivity contribution in [2.45, 2.75) is 31.9 Å². The van der Waals surface area contributed by atoms with Crippen LogP contribution >= 0.6 is 0 Å². The Balaban J connectivity index is 1.73. The molecule has 6 heteroatoms. The largest absolute Gasteiger partial charge is 0.390 e. The van der Waals surface area contributed by atoms with Crippen molar-refractivity contribution >= 4 is 16.8 Å². The highest BCUT2D eigenvalue weighted by molar-refractivity contribution is 5.83. The van der Waals surface area contributed by atoms with Crippen LogP contribution in [0.5, 0.6) is 0 Å². The monoisotopic (exact) mass is 298 g/mol. The highest BCUT2D eigenvalue weighted by atomic mass is 19.4. The fraction of sp³-hybridized carbons (Fsp3) is 0.400. The van der Waals surface area contributed by atoms with E-state index >= 15 is 0 Å². The van der Waals surface area contributed by atoms with E-state index in [1.54, 1.807) is 0 Å². The molecule has 0 saturated heterocycles. The van der Waals surface area contributed by atoms with Gasteiger partial charge in [-0.1, -0.05) is 18.2 Å². The van der Waals surface area contributed by atoms with E-state index in [4.69, 9.17) is 0 Å². The van der Waals surface area contributed by atoms with Gasteiger partial charge >= 0.3 is 6.18 Å². The Morgan fingerprint density at radius 1 is 1.24 bits per heavy atom. The smallest absolute Gasteiger partial charge is 0.361 e. The molecule has 0 saturated carbocycles. The van der Waals surface area contributed by atoms with Gasteiger partial charge in [-0.25, -0.2) is 0 Å². The van der Waals surface area contributed by atoms with Crippen molar-refractivity contribution in [3.63, 3.8) is 0 Å². The number of fused-ring (bicyclic) bond motifs is 1. The molecule has 1 amide bonds. The summed E-state index contributed by atoms with van der Waals surface area (Å²) in [6.45, 7) is -0.352. The quantitative estimate of drug-likeness (QED) is 0.841. The van der Waals surface area contributed by atoms with Crippen LogP contribution in [0.25, 0.3) is 10.9 Å². The number of benzene rings is 1. The molecule has 3 nitrogen and oxygen atoms in total. The molecule has 0 aliphatic carbocycles. The van der Waals surface area contributed by atoms with E-state index in [9.17, 15) is 18.0 Å². The van der Waals surface area contributed by atoms with Crippen molar-refractivity contribution in [3.8, 4) is 0 Å². The molecule has 2 rings (SSSR count). The first-order chi connectivity index (χ1) is 9.96. The van der Waals surface area contributed by atoms with Crippen LogP contribution in [0.15, 0.2) is 30.5 Å². The van der Waals surface area contributed by atoms with Gasteiger partial charge in [0.05, 0.1) is 6.42 Å². The van der Waals surface area contributed by atoms with Gasteiger partial charge in [-0.2, -0.15) is 13.2 Å². The summed E-state index contributed by atoms with van der Waals surface area (Å²) in [4.78, 5) is 14.6. The Morgan fingerprint density at radius 3 is 2.76 bits per heavy atom. The van der Waals surface area contributed by atoms with Crippen molar-refractivity contribution in [2.24, 2.45) is 0 Å². The van der Waals surface area contributed by atoms with E-state index < -0.39 is 12.6 Å². The van der Waals surface area contributed by atoms with Crippen LogP contribution in [0.3, 0.4) is 0 Å². The maximum Gasteiger partial charge on any atom is 0.390 e. The van der Waals surface area contributed by atoms with Crippen molar-refractivity contribution in [1.82, 2.24) is 10.3 Å². The van der Waals surface area contributed by atoms with Crippen molar-refractivity contribution in [3.05, 3.63) is 36.0 Å². The van der Waals surface area contributed by atoms with Gasteiger partial charge in [-0.15, -0.1) is 0 Å². The number of aromatic amines is 1. The molecular formula is C15H17F3N2O. The Kier molecular flexibility index (Phi) is 4.88. The zero-order chi connectivity index (χ0) is 15.3. The molecule has 2 aromatic rings. The van der Waals surface area contributed by atoms with Gasteiger partial charge in [0.1, 0.15) is 0 Å². The number of amides is 1. The normalized spacial score (nSPS) is 11.8. The number of carbonyl (C=O) groups is 1. The molecule has 1 aromatic heterocycles. The van der Waals surface area contributed by atoms with Crippen LogP contribution in [0.2, 0.25) is 0 Å². The summed E-state index contributed by atoms with van der Waals surface area (Å²) in [6, 6.07) is 7.87. The van der Waals surface area contributed by atoms with E-state index in [0.717, 1.165) is 22.9 Å². The number of halogens is 3. The Morgan fingerprint density at radius 2 is 2.00 bits per heavy atom. The third-order valence-corrected chi connectivity index (χ3v) is 3.26. The van der Waals surface area contributed by atoms with Gasteiger partial charge in [0.15, 0.2) is 0 Å². The standard InChI is InChI=1S/C15H17F3N2O/c16-15(17,18)8-9-19-14(21)7-3-4-11-10-20-13-6-2-1-5-12(11)13/h1-2,5-6,10,20H,3-4,7-9H2,(H,19,21). The Bertz CT molecular complexity index is 604. The van der Waals surface area contributed by atoms with Gasteiger partial charge in [0, 0.05) is 30.1 Å². The average molecular weight is 298 g/mol. The second-order valence-corrected chi connectivity index (χ2v) is 4.93. The molecule has 1 aromatic carbocycles. The third-order valence-electron chi connectivity index (χ3n) is 3.26. The summed E-state index contributed by atoms with van der Waals surface area (Å²) >= 11 is 0. The number of aryl methyl sites for hydroxylation is 1. The molecule has 0 fully saturated rings. The van der Waals surface area contributed by atoms with Crippen molar-refractivity contribution in [2.75, 3.05) is 6.54 Å². The number of carbonyl (C=O) groups excluding carboxylic acids is 1. The van der Waals surface area contributed by atoms with Crippen molar-refractivity contribution < 1.29 is 18.0 Å². The van der Waals surface area contributed by atoms with Crippen LogP contribution in [-0.4, -0.2) is 23.6 Å². The van der Waals surface area contributed by atoms with Crippen LogP contribution in [-0.2, 0) is 11.2 Å². The first-order valence-electron chi connectivity index (χ1n) is 6.84. The fourth-order valence-electron chi connectivity index (χ4n) is 2.21. The van der Waals surface area contributed by atoms with E-state index in [1.165, 1.54) is 0 Å². The number of hydrogen-bond donors (Lipinski definition) is 2. The molecule has 0 bridgehead atoms. The van der Waals surface area contributed by atoms with Gasteiger partial charge in [0.2, 0.25) is 5.91 Å². The average Bonchev–Trinajstić information content (AvgIpc) is 2.81. The number of H-pyrrole nitrogens is 1. The lowest BCUT2D eigenvalue weighted by atomic mass is 10.1. The Hall–Kier alpha value is -1.98. The second-order valence-electron chi connectivity index (χ2n) is 4.93. The van der Waals surface area contributed by atoms with Gasteiger partial charge in [0.25, 0.3) is 0 Å². The molecule has 0 spiro atoms. The van der Waals surface area contributed by atoms with Crippen LogP contribution in [0.1, 0.15) is 24.8 Å². The predicted molar refractivity (Wildman–Crippen MR) is 74.9 cm³/mol. The zero-order valence-corrected chi connectivity index (χ0v) is 11.5. The van der Waals surface area contributed by atoms with Gasteiger partial charge < -0.3 is 10.3 Å². The number of rotatable bonds is 6. The minimum atomic E-state index is -4.22. The summed E-state index contributed by atoms with van der Waals surface area (Å²) in [5.74, 6) is -0.334. The SMILES string of the molecule is O=C(CCCc1c[nH]c2ccccc12)NCCC(F)(F)F. The maximum absolute atomic E-state index is 11.9. The molecular weight excluding hydrogens is 281 g/mol. The topological polar surface area (TPSA) is 44.9 Å². The van der Waals surface area contributed by atoms with Crippen LogP contribution in [0.4, 0.5) is 13.2 Å². The van der Waals surface area contributed by atoms with Gasteiger partial charge in [-0.3, -0.25) is 4.79 Å². The summed E-state index contributed by atoms with van der Waals surface area (Å²) < 4.78 is 35.8. The second kappa shape index (κ2) is 6.65. The third kappa shape index (κ3) is 4.81. The summed E-state index contributed by atoms with van der Waals surface area (Å²) in [7, 11) is 0. The molecule has 0 radical (unpaired) electrons. The highest BCUT2D eigenvalue weighted by Gasteiger charge is 2.26. The molecule has 2 N–H and O–H groups in total. The van der Waals surface area contributed by atoms with Crippen LogP contribution in [0, 0.1) is 0 Å². The number of alkyl halides is 3. The van der Waals surface area contributed by atoms with E-state index in [-0.39, 0.29) is 18.9 Å². The van der Waals surface area contributed by atoms with E-state index in [1.807, 2.05) is 30.5 Å². The summed E-state index contributed by atoms with van der Waals surface area (Å²) in [5, 5.41) is 3.41. The molecule has 0 unspecified atom stereocenters. The number of hydrogen-bond acceptors (Lipinski definition) is 1. The number of nitrogens with one attached hydrogen (secondary N) is 2. The van der Waals surface area contributed by atoms with Crippen LogP contribution < -0.4 is 5.32 Å². The molecule has 21 heavy (non-hydrogen) atoms. The Labute approximate surface area is 120 Å². The summed E-state index contributed by atoms with van der Waals surface area (Å²) in [6.07, 6.45) is -1.74. The molecule has 0 aliphatic heterocycles. The first-order valence-corrected chi connectivity index (χ1v) is 6.84. The van der Waals surface area contributed by atoms with Crippen molar-refractivity contribution in [1.29, 1.82) is 0 Å². The lowest BCUT2D eigenvalue weighted by molar-refractivity contribution is -0.135. The lowest BCUT2D eigenvalue weighted by Gasteiger charge is -2.07. The zero-order valence-electron chi connectivity index (χ0n) is 11.5. The number of para-hydroxylation sites is 1. The molecule has 0 atom stereocenters. The van der Waals surface area contributed by atoms with E-state index in [2.05, 4.69) is 10.3 Å². The van der Waals surface area contributed by atoms with Gasteiger partial charge in [-0.05, 0) is 24.5 Å². The fourth-order valence-corrected chi connectivity index (χ4v) is 2.21. The van der Waals surface area contributed by atoms with E-state index in [0.29, 0.717) is 6.42 Å². The molecule has 1 heterocycles. The molecule has 114 valence electrons. The predicted octanol–water partition coefficient (Wildman–Crippen LogP) is 3.56. The minimum absolute atomic E-state index is 0.233. The highest BCUT2D eigenvalue weighted by Crippen LogP contribution is 2.20.